The fourth-order valence-corrected chi connectivity index (χ4v) is 5.47. The summed E-state index contributed by atoms with van der Waals surface area (Å²) in [5, 5.41) is 0. The molecular formula is C13H19NPS2+. The van der Waals surface area contributed by atoms with Gasteiger partial charge in [-0.25, -0.2) is 0 Å². The minimum Gasteiger partial charge on any atom is -0.199 e. The minimum atomic E-state index is 0.218. The van der Waals surface area contributed by atoms with Gasteiger partial charge in [0.1, 0.15) is 0 Å². The highest BCUT2D eigenvalue weighted by atomic mass is 32.9. The zero-order valence-corrected chi connectivity index (χ0v) is 12.8. The molecule has 0 amide bonds. The van der Waals surface area contributed by atoms with Crippen molar-refractivity contribution in [1.29, 1.82) is 0 Å². The van der Waals surface area contributed by atoms with Gasteiger partial charge in [0.15, 0.2) is 23.4 Å². The fraction of sp³-hybridized carbons (Fsp3) is 0.538. The Morgan fingerprint density at radius 2 is 2.12 bits per heavy atom. The molecule has 1 aliphatic heterocycles. The zero-order valence-electron chi connectivity index (χ0n) is 10.2. The monoisotopic (exact) mass is 284 g/mol. The molecule has 1 heterocycles. The van der Waals surface area contributed by atoms with Crippen molar-refractivity contribution in [3.8, 4) is 0 Å². The summed E-state index contributed by atoms with van der Waals surface area (Å²) >= 11 is 7.04. The fourth-order valence-electron chi connectivity index (χ4n) is 2.78. The maximum absolute atomic E-state index is 5.18. The van der Waals surface area contributed by atoms with Gasteiger partial charge in [-0.3, -0.25) is 0 Å². The van der Waals surface area contributed by atoms with E-state index < -0.39 is 0 Å². The third kappa shape index (κ3) is 2.73. The molecule has 0 N–H and O–H groups in total. The van der Waals surface area contributed by atoms with Crippen molar-refractivity contribution in [3.63, 3.8) is 0 Å². The zero-order chi connectivity index (χ0) is 12.1. The number of hydrogen-bond donors (Lipinski definition) is 0. The second-order valence-electron chi connectivity index (χ2n) is 4.48. The molecular weight excluding hydrogens is 265 g/mol. The molecule has 0 saturated carbocycles. The van der Waals surface area contributed by atoms with E-state index >= 15 is 0 Å². The third-order valence-corrected chi connectivity index (χ3v) is 6.11. The Labute approximate surface area is 115 Å². The van der Waals surface area contributed by atoms with Crippen LogP contribution in [-0.4, -0.2) is 10.8 Å². The quantitative estimate of drug-likeness (QED) is 0.593. The maximum atomic E-state index is 5.18. The Morgan fingerprint density at radius 3 is 2.76 bits per heavy atom. The average Bonchev–Trinajstić information content (AvgIpc) is 2.41. The number of hydrogen-bond acceptors (Lipinski definition) is 3. The first-order valence-electron chi connectivity index (χ1n) is 6.21. The van der Waals surface area contributed by atoms with Gasteiger partial charge in [0.25, 0.3) is 0 Å². The van der Waals surface area contributed by atoms with Gasteiger partial charge in [-0.2, -0.15) is 4.31 Å². The Balaban J connectivity index is 2.35. The minimum absolute atomic E-state index is 0.218. The predicted molar refractivity (Wildman–Crippen MR) is 82.2 cm³/mol. The van der Waals surface area contributed by atoms with E-state index in [1.165, 1.54) is 37.8 Å². The first-order chi connectivity index (χ1) is 8.33. The summed E-state index contributed by atoms with van der Waals surface area (Å²) < 4.78 is 2.55. The molecule has 0 aliphatic carbocycles. The molecule has 92 valence electrons. The van der Waals surface area contributed by atoms with Crippen LogP contribution in [0.25, 0.3) is 0 Å². The van der Waals surface area contributed by atoms with Crippen molar-refractivity contribution in [1.82, 2.24) is 4.31 Å². The van der Waals surface area contributed by atoms with Gasteiger partial charge in [-0.15, -0.1) is 0 Å². The van der Waals surface area contributed by atoms with Gasteiger partial charge in [-0.1, -0.05) is 37.3 Å². The van der Waals surface area contributed by atoms with Gasteiger partial charge in [0.05, 0.1) is 5.54 Å². The van der Waals surface area contributed by atoms with Crippen LogP contribution >= 0.6 is 18.1 Å². The third-order valence-electron chi connectivity index (χ3n) is 3.72. The smallest absolute Gasteiger partial charge is 0.199 e. The normalized spacial score (nSPS) is 26.2. The lowest BCUT2D eigenvalue weighted by molar-refractivity contribution is 0.140. The summed E-state index contributed by atoms with van der Waals surface area (Å²) in [6, 6.07) is 11.0. The standard InChI is InChI=1S/C13H18NPS2/c1-2-13(12-8-4-3-5-9-12)10-6-7-11-14(13)17-15-16/h3-5,8-9H,2,6-7,10-11H2,1H3/p+1. The average molecular weight is 284 g/mol. The summed E-state index contributed by atoms with van der Waals surface area (Å²) in [4.78, 5) is 0. The molecule has 4 heteroatoms. The Bertz CT molecular complexity index is 371. The van der Waals surface area contributed by atoms with Crippen LogP contribution in [0, 0.1) is 0 Å². The highest BCUT2D eigenvalue weighted by Crippen LogP contribution is 2.46. The van der Waals surface area contributed by atoms with Crippen molar-refractivity contribution >= 4 is 29.9 Å². The topological polar surface area (TPSA) is 3.24 Å². The van der Waals surface area contributed by atoms with E-state index in [-0.39, 0.29) is 5.54 Å². The van der Waals surface area contributed by atoms with Crippen LogP contribution in [0.5, 0.6) is 0 Å². The molecule has 1 aromatic carbocycles. The molecule has 17 heavy (non-hydrogen) atoms. The van der Waals surface area contributed by atoms with Crippen LogP contribution in [0.1, 0.15) is 38.2 Å². The van der Waals surface area contributed by atoms with Gasteiger partial charge in [0, 0.05) is 6.54 Å². The molecule has 0 spiro atoms. The molecule has 2 unspecified atom stereocenters. The lowest BCUT2D eigenvalue weighted by Gasteiger charge is -2.43. The molecule has 2 atom stereocenters. The number of benzene rings is 1. The molecule has 1 aromatic rings. The number of piperidine rings is 1. The van der Waals surface area contributed by atoms with Gasteiger partial charge in [-0.05, 0) is 31.2 Å². The van der Waals surface area contributed by atoms with Crippen molar-refractivity contribution in [2.45, 2.75) is 38.1 Å². The highest BCUT2D eigenvalue weighted by Gasteiger charge is 2.40. The lowest BCUT2D eigenvalue weighted by Crippen LogP contribution is -2.44. The van der Waals surface area contributed by atoms with Crippen molar-refractivity contribution < 1.29 is 0 Å². The molecule has 1 saturated heterocycles. The number of nitrogens with zero attached hydrogens (tertiary/aromatic N) is 1. The second-order valence-corrected chi connectivity index (χ2v) is 7.82. The molecule has 1 aliphatic rings. The number of rotatable bonds is 4. The van der Waals surface area contributed by atoms with Crippen LogP contribution in [-0.2, 0) is 17.3 Å². The second kappa shape index (κ2) is 6.29. The SMILES string of the molecule is CCC1(c2ccccc2)CCCCN1S[PH+]=S. The maximum Gasteiger partial charge on any atom is 0.247 e. The summed E-state index contributed by atoms with van der Waals surface area (Å²) in [5.41, 5.74) is 1.68. The lowest BCUT2D eigenvalue weighted by atomic mass is 9.80. The molecule has 0 radical (unpaired) electrons. The molecule has 0 bridgehead atoms. The van der Waals surface area contributed by atoms with E-state index in [0.717, 1.165) is 0 Å². The Kier molecular flexibility index (Phi) is 4.98. The molecule has 1 nitrogen and oxygen atoms in total. The molecule has 2 rings (SSSR count). The van der Waals surface area contributed by atoms with Crippen molar-refractivity contribution in [2.75, 3.05) is 6.54 Å². The van der Waals surface area contributed by atoms with Crippen LogP contribution in [0.3, 0.4) is 0 Å². The van der Waals surface area contributed by atoms with Crippen molar-refractivity contribution in [3.05, 3.63) is 35.9 Å². The van der Waals surface area contributed by atoms with Gasteiger partial charge >= 0.3 is 0 Å². The Morgan fingerprint density at radius 1 is 1.35 bits per heavy atom. The summed E-state index contributed by atoms with van der Waals surface area (Å²) in [6.45, 7) is 4.01. The van der Waals surface area contributed by atoms with Gasteiger partial charge < -0.3 is 0 Å². The first-order valence-corrected chi connectivity index (χ1v) is 9.84. The van der Waals surface area contributed by atoms with Crippen LogP contribution in [0.15, 0.2) is 30.3 Å². The molecule has 0 aromatic heterocycles. The van der Waals surface area contributed by atoms with Crippen LogP contribution in [0.2, 0.25) is 0 Å². The summed E-state index contributed by atoms with van der Waals surface area (Å²) in [5.74, 6) is 0. The van der Waals surface area contributed by atoms with E-state index in [1.807, 2.05) is 11.6 Å². The van der Waals surface area contributed by atoms with E-state index in [1.54, 1.807) is 0 Å². The van der Waals surface area contributed by atoms with E-state index in [4.69, 9.17) is 11.8 Å². The van der Waals surface area contributed by atoms with Gasteiger partial charge in [0.2, 0.25) is 6.56 Å². The van der Waals surface area contributed by atoms with Crippen LogP contribution < -0.4 is 0 Å². The van der Waals surface area contributed by atoms with E-state index in [2.05, 4.69) is 41.6 Å². The first kappa shape index (κ1) is 13.5. The van der Waals surface area contributed by atoms with Crippen molar-refractivity contribution in [2.24, 2.45) is 0 Å². The molecule has 1 fully saturated rings. The predicted octanol–water partition coefficient (Wildman–Crippen LogP) is 4.48. The van der Waals surface area contributed by atoms with Crippen LogP contribution in [0.4, 0.5) is 0 Å². The summed E-state index contributed by atoms with van der Waals surface area (Å²) in [7, 11) is 0. The van der Waals surface area contributed by atoms with E-state index in [9.17, 15) is 0 Å². The Hall–Kier alpha value is 0.0500. The summed E-state index contributed by atoms with van der Waals surface area (Å²) in [6.07, 6.45) is 5.08. The highest BCUT2D eigenvalue weighted by molar-refractivity contribution is 8.56. The van der Waals surface area contributed by atoms with E-state index in [0.29, 0.717) is 6.56 Å². The largest absolute Gasteiger partial charge is 0.247 e.